The Morgan fingerprint density at radius 2 is 2.00 bits per heavy atom. The zero-order valence-corrected chi connectivity index (χ0v) is 11.2. The summed E-state index contributed by atoms with van der Waals surface area (Å²) in [6.45, 7) is 6.44. The topological polar surface area (TPSA) is 39.2 Å². The Balaban J connectivity index is 2.37. The SMILES string of the molecule is CC(C)(C)C(N)Cc1ccc(Cl)c2ccoc12. The van der Waals surface area contributed by atoms with Crippen LogP contribution in [0.1, 0.15) is 26.3 Å². The number of fused-ring (bicyclic) bond motifs is 1. The van der Waals surface area contributed by atoms with Gasteiger partial charge >= 0.3 is 0 Å². The molecular weight excluding hydrogens is 234 g/mol. The second-order valence-corrected chi connectivity index (χ2v) is 5.95. The maximum atomic E-state index is 6.21. The zero-order valence-electron chi connectivity index (χ0n) is 10.5. The molecule has 0 aliphatic rings. The standard InChI is InChI=1S/C14H18ClNO/c1-14(2,3)12(16)8-9-4-5-11(15)10-6-7-17-13(9)10/h4-7,12H,8,16H2,1-3H3. The molecule has 1 heterocycles. The van der Waals surface area contributed by atoms with Gasteiger partial charge in [-0.05, 0) is 29.5 Å². The minimum atomic E-state index is 0.0819. The lowest BCUT2D eigenvalue weighted by atomic mass is 9.83. The van der Waals surface area contributed by atoms with Gasteiger partial charge in [0.1, 0.15) is 5.58 Å². The smallest absolute Gasteiger partial charge is 0.138 e. The van der Waals surface area contributed by atoms with E-state index in [0.717, 1.165) is 28.0 Å². The third-order valence-electron chi connectivity index (χ3n) is 3.20. The number of benzene rings is 1. The van der Waals surface area contributed by atoms with Crippen LogP contribution in [0.5, 0.6) is 0 Å². The summed E-state index contributed by atoms with van der Waals surface area (Å²) < 4.78 is 5.50. The van der Waals surface area contributed by atoms with Crippen LogP contribution in [0.25, 0.3) is 11.0 Å². The summed E-state index contributed by atoms with van der Waals surface area (Å²) in [6.07, 6.45) is 2.47. The lowest BCUT2D eigenvalue weighted by Crippen LogP contribution is -2.36. The van der Waals surface area contributed by atoms with Crippen LogP contribution in [0.15, 0.2) is 28.9 Å². The molecule has 1 aromatic carbocycles. The number of hydrogen-bond donors (Lipinski definition) is 1. The highest BCUT2D eigenvalue weighted by Crippen LogP contribution is 2.30. The van der Waals surface area contributed by atoms with E-state index in [4.69, 9.17) is 21.8 Å². The molecule has 0 aliphatic carbocycles. The van der Waals surface area contributed by atoms with Crippen LogP contribution in [-0.2, 0) is 6.42 Å². The minimum absolute atomic E-state index is 0.0819. The molecule has 92 valence electrons. The summed E-state index contributed by atoms with van der Waals surface area (Å²) >= 11 is 6.11. The number of furan rings is 1. The van der Waals surface area contributed by atoms with Gasteiger partial charge in [0, 0.05) is 11.4 Å². The van der Waals surface area contributed by atoms with Crippen molar-refractivity contribution < 1.29 is 4.42 Å². The normalized spacial score (nSPS) is 14.2. The molecule has 3 heteroatoms. The van der Waals surface area contributed by atoms with Crippen molar-refractivity contribution in [2.45, 2.75) is 33.2 Å². The molecule has 2 rings (SSSR count). The van der Waals surface area contributed by atoms with Crippen LogP contribution < -0.4 is 5.73 Å². The van der Waals surface area contributed by atoms with Crippen LogP contribution in [-0.4, -0.2) is 6.04 Å². The van der Waals surface area contributed by atoms with E-state index >= 15 is 0 Å². The lowest BCUT2D eigenvalue weighted by molar-refractivity contribution is 0.318. The maximum absolute atomic E-state index is 6.21. The van der Waals surface area contributed by atoms with Gasteiger partial charge in [-0.25, -0.2) is 0 Å². The summed E-state index contributed by atoms with van der Waals surface area (Å²) in [7, 11) is 0. The molecule has 0 saturated heterocycles. The Morgan fingerprint density at radius 1 is 1.29 bits per heavy atom. The van der Waals surface area contributed by atoms with Gasteiger partial charge in [0.05, 0.1) is 11.3 Å². The highest BCUT2D eigenvalue weighted by molar-refractivity contribution is 6.35. The third kappa shape index (κ3) is 2.48. The van der Waals surface area contributed by atoms with Crippen molar-refractivity contribution in [2.75, 3.05) is 0 Å². The summed E-state index contributed by atoms with van der Waals surface area (Å²) in [4.78, 5) is 0. The third-order valence-corrected chi connectivity index (χ3v) is 3.53. The molecule has 0 bridgehead atoms. The zero-order chi connectivity index (χ0) is 12.6. The molecular formula is C14H18ClNO. The van der Waals surface area contributed by atoms with Gasteiger partial charge in [-0.3, -0.25) is 0 Å². The van der Waals surface area contributed by atoms with Crippen molar-refractivity contribution in [1.82, 2.24) is 0 Å². The van der Waals surface area contributed by atoms with E-state index in [1.165, 1.54) is 0 Å². The van der Waals surface area contributed by atoms with Crippen LogP contribution in [0, 0.1) is 5.41 Å². The lowest BCUT2D eigenvalue weighted by Gasteiger charge is -2.27. The van der Waals surface area contributed by atoms with Gasteiger partial charge in [-0.1, -0.05) is 38.4 Å². The first-order chi connectivity index (χ1) is 7.89. The van der Waals surface area contributed by atoms with E-state index in [1.54, 1.807) is 6.26 Å². The van der Waals surface area contributed by atoms with Crippen molar-refractivity contribution in [3.05, 3.63) is 35.0 Å². The molecule has 17 heavy (non-hydrogen) atoms. The van der Waals surface area contributed by atoms with E-state index in [-0.39, 0.29) is 11.5 Å². The maximum Gasteiger partial charge on any atom is 0.138 e. The fraction of sp³-hybridized carbons (Fsp3) is 0.429. The Labute approximate surface area is 107 Å². The van der Waals surface area contributed by atoms with E-state index in [1.807, 2.05) is 18.2 Å². The van der Waals surface area contributed by atoms with Crippen molar-refractivity contribution in [1.29, 1.82) is 0 Å². The second kappa shape index (κ2) is 4.35. The van der Waals surface area contributed by atoms with Crippen molar-refractivity contribution in [3.8, 4) is 0 Å². The summed E-state index contributed by atoms with van der Waals surface area (Å²) in [6, 6.07) is 5.89. The monoisotopic (exact) mass is 251 g/mol. The summed E-state index contributed by atoms with van der Waals surface area (Å²) in [5.41, 5.74) is 8.27. The Morgan fingerprint density at radius 3 is 2.65 bits per heavy atom. The molecule has 0 saturated carbocycles. The van der Waals surface area contributed by atoms with Crippen molar-refractivity contribution >= 4 is 22.6 Å². The minimum Gasteiger partial charge on any atom is -0.464 e. The number of hydrogen-bond acceptors (Lipinski definition) is 2. The van der Waals surface area contributed by atoms with Crippen LogP contribution >= 0.6 is 11.6 Å². The predicted octanol–water partition coefficient (Wildman–Crippen LogP) is 4.00. The van der Waals surface area contributed by atoms with Gasteiger partial charge in [0.15, 0.2) is 0 Å². The van der Waals surface area contributed by atoms with E-state index in [9.17, 15) is 0 Å². The first-order valence-corrected chi connectivity index (χ1v) is 6.17. The molecule has 2 nitrogen and oxygen atoms in total. The Kier molecular flexibility index (Phi) is 3.19. The van der Waals surface area contributed by atoms with Gasteiger partial charge in [0.2, 0.25) is 0 Å². The average Bonchev–Trinajstić information content (AvgIpc) is 2.70. The number of nitrogens with two attached hydrogens (primary N) is 1. The van der Waals surface area contributed by atoms with Crippen molar-refractivity contribution in [3.63, 3.8) is 0 Å². The van der Waals surface area contributed by atoms with Gasteiger partial charge in [0.25, 0.3) is 0 Å². The first-order valence-electron chi connectivity index (χ1n) is 5.80. The largest absolute Gasteiger partial charge is 0.464 e. The number of rotatable bonds is 2. The van der Waals surface area contributed by atoms with E-state index in [2.05, 4.69) is 20.8 Å². The van der Waals surface area contributed by atoms with E-state index < -0.39 is 0 Å². The van der Waals surface area contributed by atoms with E-state index in [0.29, 0.717) is 0 Å². The summed E-state index contributed by atoms with van der Waals surface area (Å²) in [5.74, 6) is 0. The predicted molar refractivity (Wildman–Crippen MR) is 72.4 cm³/mol. The molecule has 0 aliphatic heterocycles. The molecule has 1 unspecified atom stereocenters. The molecule has 0 amide bonds. The molecule has 0 radical (unpaired) electrons. The van der Waals surface area contributed by atoms with Gasteiger partial charge in [-0.2, -0.15) is 0 Å². The second-order valence-electron chi connectivity index (χ2n) is 5.55. The summed E-state index contributed by atoms with van der Waals surface area (Å²) in [5, 5.41) is 1.69. The average molecular weight is 252 g/mol. The Hall–Kier alpha value is -0.990. The molecule has 2 aromatic rings. The molecule has 0 spiro atoms. The Bertz CT molecular complexity index is 524. The molecule has 1 atom stereocenters. The molecule has 0 fully saturated rings. The van der Waals surface area contributed by atoms with Crippen LogP contribution in [0.3, 0.4) is 0 Å². The quantitative estimate of drug-likeness (QED) is 0.876. The highest BCUT2D eigenvalue weighted by Gasteiger charge is 2.22. The molecule has 1 aromatic heterocycles. The van der Waals surface area contributed by atoms with Crippen LogP contribution in [0.2, 0.25) is 5.02 Å². The van der Waals surface area contributed by atoms with Crippen LogP contribution in [0.4, 0.5) is 0 Å². The van der Waals surface area contributed by atoms with Gasteiger partial charge in [-0.15, -0.1) is 0 Å². The fourth-order valence-corrected chi connectivity index (χ4v) is 2.00. The fourth-order valence-electron chi connectivity index (χ4n) is 1.79. The van der Waals surface area contributed by atoms with Crippen molar-refractivity contribution in [2.24, 2.45) is 11.1 Å². The first kappa shape index (κ1) is 12.5. The van der Waals surface area contributed by atoms with Gasteiger partial charge < -0.3 is 10.2 Å². The number of halogens is 1. The highest BCUT2D eigenvalue weighted by atomic mass is 35.5. The molecule has 2 N–H and O–H groups in total.